The number of halogens is 1. The van der Waals surface area contributed by atoms with E-state index in [0.717, 1.165) is 4.47 Å². The number of aliphatic hydroxyl groups is 1. The summed E-state index contributed by atoms with van der Waals surface area (Å²) in [5.41, 5.74) is 0.710. The topological polar surface area (TPSA) is 68.4 Å². The van der Waals surface area contributed by atoms with Crippen LogP contribution in [0.3, 0.4) is 0 Å². The van der Waals surface area contributed by atoms with Gasteiger partial charge in [-0.1, -0.05) is 31.1 Å². The Hall–Kier alpha value is -1.40. The third-order valence-corrected chi connectivity index (χ3v) is 3.17. The SMILES string of the molecule is CC(C)c1nc(COc2c(Br)cccc2CO)no1. The van der Waals surface area contributed by atoms with Gasteiger partial charge in [-0.2, -0.15) is 4.98 Å². The van der Waals surface area contributed by atoms with E-state index >= 15 is 0 Å². The molecule has 0 amide bonds. The zero-order valence-corrected chi connectivity index (χ0v) is 12.3. The smallest absolute Gasteiger partial charge is 0.229 e. The third-order valence-electron chi connectivity index (χ3n) is 2.54. The van der Waals surface area contributed by atoms with Crippen LogP contribution in [0.25, 0.3) is 0 Å². The maximum atomic E-state index is 9.27. The number of aliphatic hydroxyl groups excluding tert-OH is 1. The molecule has 0 saturated carbocycles. The van der Waals surface area contributed by atoms with Crippen LogP contribution in [0, 0.1) is 0 Å². The van der Waals surface area contributed by atoms with Crippen molar-refractivity contribution < 1.29 is 14.4 Å². The summed E-state index contributed by atoms with van der Waals surface area (Å²) in [4.78, 5) is 4.23. The summed E-state index contributed by atoms with van der Waals surface area (Å²) >= 11 is 3.39. The molecule has 0 unspecified atom stereocenters. The molecule has 5 nitrogen and oxygen atoms in total. The van der Waals surface area contributed by atoms with E-state index < -0.39 is 0 Å². The number of para-hydroxylation sites is 1. The number of hydrogen-bond donors (Lipinski definition) is 1. The molecule has 0 atom stereocenters. The normalized spacial score (nSPS) is 11.0. The van der Waals surface area contributed by atoms with E-state index in [4.69, 9.17) is 9.26 Å². The van der Waals surface area contributed by atoms with Crippen LogP contribution in [-0.2, 0) is 13.2 Å². The van der Waals surface area contributed by atoms with Crippen molar-refractivity contribution in [2.45, 2.75) is 33.0 Å². The van der Waals surface area contributed by atoms with Crippen LogP contribution in [0.4, 0.5) is 0 Å². The molecule has 0 saturated heterocycles. The van der Waals surface area contributed by atoms with Gasteiger partial charge >= 0.3 is 0 Å². The van der Waals surface area contributed by atoms with Gasteiger partial charge in [0.05, 0.1) is 11.1 Å². The van der Waals surface area contributed by atoms with Crippen LogP contribution in [0.15, 0.2) is 27.2 Å². The molecule has 0 fully saturated rings. The summed E-state index contributed by atoms with van der Waals surface area (Å²) in [6, 6.07) is 5.49. The van der Waals surface area contributed by atoms with Crippen molar-refractivity contribution in [3.8, 4) is 5.75 Å². The van der Waals surface area contributed by atoms with E-state index in [0.29, 0.717) is 23.0 Å². The molecule has 0 spiro atoms. The summed E-state index contributed by atoms with van der Waals surface area (Å²) in [6.07, 6.45) is 0. The summed E-state index contributed by atoms with van der Waals surface area (Å²) in [5.74, 6) is 1.87. The maximum absolute atomic E-state index is 9.27. The van der Waals surface area contributed by atoms with E-state index in [9.17, 15) is 5.11 Å². The predicted octanol–water partition coefficient (Wildman–Crippen LogP) is 3.03. The first kappa shape index (κ1) is 14.0. The minimum absolute atomic E-state index is 0.0851. The summed E-state index contributed by atoms with van der Waals surface area (Å²) < 4.78 is 11.5. The molecule has 102 valence electrons. The molecule has 1 heterocycles. The molecule has 19 heavy (non-hydrogen) atoms. The van der Waals surface area contributed by atoms with Gasteiger partial charge in [-0.25, -0.2) is 0 Å². The molecular weight excluding hydrogens is 312 g/mol. The summed E-state index contributed by atoms with van der Waals surface area (Å²) in [5, 5.41) is 13.1. The molecular formula is C13H15BrN2O3. The van der Waals surface area contributed by atoms with Gasteiger partial charge < -0.3 is 14.4 Å². The molecule has 0 radical (unpaired) electrons. The van der Waals surface area contributed by atoms with Crippen molar-refractivity contribution >= 4 is 15.9 Å². The molecule has 1 aromatic heterocycles. The first-order chi connectivity index (χ1) is 9.11. The largest absolute Gasteiger partial charge is 0.484 e. The molecule has 6 heteroatoms. The highest BCUT2D eigenvalue weighted by Gasteiger charge is 2.12. The van der Waals surface area contributed by atoms with E-state index in [-0.39, 0.29) is 19.1 Å². The van der Waals surface area contributed by atoms with Crippen LogP contribution in [0.1, 0.15) is 37.0 Å². The standard InChI is InChI=1S/C13H15BrN2O3/c1-8(2)13-15-11(16-19-13)7-18-12-9(6-17)4-3-5-10(12)14/h3-5,8,17H,6-7H2,1-2H3. The van der Waals surface area contributed by atoms with E-state index in [1.807, 2.05) is 26.0 Å². The fraction of sp³-hybridized carbons (Fsp3) is 0.385. The van der Waals surface area contributed by atoms with E-state index in [1.54, 1.807) is 6.07 Å². The van der Waals surface area contributed by atoms with Crippen molar-refractivity contribution in [3.05, 3.63) is 40.0 Å². The number of aromatic nitrogens is 2. The Bertz CT molecular complexity index is 555. The van der Waals surface area contributed by atoms with Gasteiger partial charge in [0.1, 0.15) is 5.75 Å². The molecule has 0 aliphatic heterocycles. The molecule has 2 aromatic rings. The van der Waals surface area contributed by atoms with E-state index in [2.05, 4.69) is 26.1 Å². The fourth-order valence-electron chi connectivity index (χ4n) is 1.54. The van der Waals surface area contributed by atoms with Gasteiger partial charge in [0.2, 0.25) is 11.7 Å². The van der Waals surface area contributed by atoms with Gasteiger partial charge in [-0.05, 0) is 22.0 Å². The van der Waals surface area contributed by atoms with Crippen LogP contribution in [-0.4, -0.2) is 15.2 Å². The molecule has 0 aliphatic rings. The van der Waals surface area contributed by atoms with Gasteiger partial charge in [0, 0.05) is 11.5 Å². The Balaban J connectivity index is 2.09. The minimum Gasteiger partial charge on any atom is -0.484 e. The Morgan fingerprint density at radius 3 is 2.84 bits per heavy atom. The highest BCUT2D eigenvalue weighted by molar-refractivity contribution is 9.10. The minimum atomic E-state index is -0.0851. The zero-order valence-electron chi connectivity index (χ0n) is 10.8. The highest BCUT2D eigenvalue weighted by Crippen LogP contribution is 2.29. The fourth-order valence-corrected chi connectivity index (χ4v) is 2.06. The number of nitrogens with zero attached hydrogens (tertiary/aromatic N) is 2. The van der Waals surface area contributed by atoms with Gasteiger partial charge in [-0.3, -0.25) is 0 Å². The Morgan fingerprint density at radius 2 is 2.21 bits per heavy atom. The van der Waals surface area contributed by atoms with Gasteiger partial charge in [0.25, 0.3) is 0 Å². The second-order valence-corrected chi connectivity index (χ2v) is 5.23. The van der Waals surface area contributed by atoms with Crippen molar-refractivity contribution in [3.63, 3.8) is 0 Å². The highest BCUT2D eigenvalue weighted by atomic mass is 79.9. The van der Waals surface area contributed by atoms with Crippen molar-refractivity contribution in [1.82, 2.24) is 10.1 Å². The monoisotopic (exact) mass is 326 g/mol. The average molecular weight is 327 g/mol. The lowest BCUT2D eigenvalue weighted by atomic mass is 10.2. The molecule has 2 rings (SSSR count). The first-order valence-electron chi connectivity index (χ1n) is 5.95. The molecule has 0 aliphatic carbocycles. The average Bonchev–Trinajstić information content (AvgIpc) is 2.86. The lowest BCUT2D eigenvalue weighted by Crippen LogP contribution is -2.01. The van der Waals surface area contributed by atoms with E-state index in [1.165, 1.54) is 0 Å². The number of benzene rings is 1. The van der Waals surface area contributed by atoms with Crippen molar-refractivity contribution in [1.29, 1.82) is 0 Å². The number of rotatable bonds is 5. The van der Waals surface area contributed by atoms with Gasteiger partial charge in [0.15, 0.2) is 6.61 Å². The Morgan fingerprint density at radius 1 is 1.42 bits per heavy atom. The molecule has 0 bridgehead atoms. The van der Waals surface area contributed by atoms with Crippen molar-refractivity contribution in [2.75, 3.05) is 0 Å². The third kappa shape index (κ3) is 3.33. The van der Waals surface area contributed by atoms with Crippen LogP contribution < -0.4 is 4.74 Å². The molecule has 1 aromatic carbocycles. The predicted molar refractivity (Wildman–Crippen MR) is 72.8 cm³/mol. The number of ether oxygens (including phenoxy) is 1. The Kier molecular flexibility index (Phi) is 4.55. The lowest BCUT2D eigenvalue weighted by Gasteiger charge is -2.10. The van der Waals surface area contributed by atoms with Crippen LogP contribution in [0.2, 0.25) is 0 Å². The maximum Gasteiger partial charge on any atom is 0.229 e. The number of hydrogen-bond acceptors (Lipinski definition) is 5. The van der Waals surface area contributed by atoms with Crippen LogP contribution >= 0.6 is 15.9 Å². The zero-order chi connectivity index (χ0) is 13.8. The first-order valence-corrected chi connectivity index (χ1v) is 6.74. The second kappa shape index (κ2) is 6.16. The molecule has 1 N–H and O–H groups in total. The summed E-state index contributed by atoms with van der Waals surface area (Å²) in [6.45, 7) is 4.08. The Labute approximate surface area is 119 Å². The van der Waals surface area contributed by atoms with Gasteiger partial charge in [-0.15, -0.1) is 0 Å². The van der Waals surface area contributed by atoms with Crippen molar-refractivity contribution in [2.24, 2.45) is 0 Å². The quantitative estimate of drug-likeness (QED) is 0.914. The second-order valence-electron chi connectivity index (χ2n) is 4.38. The summed E-state index contributed by atoms with van der Waals surface area (Å²) in [7, 11) is 0. The lowest BCUT2D eigenvalue weighted by molar-refractivity contribution is 0.251. The van der Waals surface area contributed by atoms with Crippen LogP contribution in [0.5, 0.6) is 5.75 Å².